The largest absolute Gasteiger partial charge is 0.480 e. The molecule has 0 unspecified atom stereocenters. The Balaban J connectivity index is 1.77. The number of nitrogens with two attached hydrogens (primary N) is 1. The summed E-state index contributed by atoms with van der Waals surface area (Å²) in [5.74, 6) is -0.257. The third kappa shape index (κ3) is 3.38. The van der Waals surface area contributed by atoms with E-state index in [2.05, 4.69) is 25.3 Å². The molecule has 8 heteroatoms. The maximum absolute atomic E-state index is 10.5. The highest BCUT2D eigenvalue weighted by molar-refractivity contribution is 5.81. The van der Waals surface area contributed by atoms with Crippen LogP contribution in [0.5, 0.6) is 0 Å². The van der Waals surface area contributed by atoms with Crippen LogP contribution in [0.25, 0.3) is 11.2 Å². The van der Waals surface area contributed by atoms with Gasteiger partial charge >= 0.3 is 5.97 Å². The summed E-state index contributed by atoms with van der Waals surface area (Å²) < 4.78 is 0. The lowest BCUT2D eigenvalue weighted by Crippen LogP contribution is -2.29. The second-order valence-corrected chi connectivity index (χ2v) is 4.19. The molecule has 19 heavy (non-hydrogen) atoms. The van der Waals surface area contributed by atoms with Gasteiger partial charge in [0.05, 0.1) is 6.33 Å². The first kappa shape index (κ1) is 13.2. The third-order valence-corrected chi connectivity index (χ3v) is 2.77. The molecule has 0 saturated heterocycles. The molecule has 0 aliphatic carbocycles. The zero-order chi connectivity index (χ0) is 13.7. The van der Waals surface area contributed by atoms with E-state index in [-0.39, 0.29) is 0 Å². The summed E-state index contributed by atoms with van der Waals surface area (Å²) in [4.78, 5) is 25.7. The van der Waals surface area contributed by atoms with E-state index in [4.69, 9.17) is 10.8 Å². The van der Waals surface area contributed by atoms with Gasteiger partial charge in [-0.25, -0.2) is 15.0 Å². The molecule has 0 aromatic carbocycles. The molecule has 2 heterocycles. The van der Waals surface area contributed by atoms with E-state index in [9.17, 15) is 4.79 Å². The summed E-state index contributed by atoms with van der Waals surface area (Å²) >= 11 is 0. The van der Waals surface area contributed by atoms with Crippen LogP contribution >= 0.6 is 0 Å². The Kier molecular flexibility index (Phi) is 4.24. The number of nitrogens with zero attached hydrogens (tertiary/aromatic N) is 3. The molecule has 8 nitrogen and oxygen atoms in total. The second kappa shape index (κ2) is 6.10. The molecule has 0 fully saturated rings. The summed E-state index contributed by atoms with van der Waals surface area (Å²) in [5, 5.41) is 11.8. The van der Waals surface area contributed by atoms with Crippen molar-refractivity contribution in [1.82, 2.24) is 19.9 Å². The minimum Gasteiger partial charge on any atom is -0.480 e. The van der Waals surface area contributed by atoms with Crippen LogP contribution in [0.2, 0.25) is 0 Å². The van der Waals surface area contributed by atoms with Crippen molar-refractivity contribution in [3.05, 3.63) is 12.7 Å². The number of anilines is 1. The summed E-state index contributed by atoms with van der Waals surface area (Å²) in [5.41, 5.74) is 6.80. The SMILES string of the molecule is N[C@@H](CCCCNc1ncnc2nc[nH]c12)C(=O)O. The van der Waals surface area contributed by atoms with Crippen molar-refractivity contribution in [2.75, 3.05) is 11.9 Å². The number of imidazole rings is 1. The molecular formula is C11H16N6O2. The van der Waals surface area contributed by atoms with E-state index in [1.54, 1.807) is 6.33 Å². The van der Waals surface area contributed by atoms with E-state index < -0.39 is 12.0 Å². The van der Waals surface area contributed by atoms with Gasteiger partial charge < -0.3 is 21.1 Å². The number of carboxylic acid groups (broad SMARTS) is 1. The van der Waals surface area contributed by atoms with Gasteiger partial charge in [0, 0.05) is 6.54 Å². The van der Waals surface area contributed by atoms with Crippen molar-refractivity contribution in [2.45, 2.75) is 25.3 Å². The fourth-order valence-electron chi connectivity index (χ4n) is 1.72. The van der Waals surface area contributed by atoms with E-state index in [1.165, 1.54) is 6.33 Å². The third-order valence-electron chi connectivity index (χ3n) is 2.77. The predicted octanol–water partition coefficient (Wildman–Crippen LogP) is 0.347. The van der Waals surface area contributed by atoms with Crippen LogP contribution in [0.1, 0.15) is 19.3 Å². The van der Waals surface area contributed by atoms with Crippen molar-refractivity contribution in [2.24, 2.45) is 5.73 Å². The number of hydrogen-bond donors (Lipinski definition) is 4. The van der Waals surface area contributed by atoms with E-state index in [0.29, 0.717) is 24.4 Å². The Morgan fingerprint density at radius 2 is 2.26 bits per heavy atom. The van der Waals surface area contributed by atoms with Crippen molar-refractivity contribution >= 4 is 23.0 Å². The fourth-order valence-corrected chi connectivity index (χ4v) is 1.72. The van der Waals surface area contributed by atoms with Gasteiger partial charge in [0.25, 0.3) is 0 Å². The van der Waals surface area contributed by atoms with E-state index in [1.807, 2.05) is 0 Å². The average Bonchev–Trinajstić information content (AvgIpc) is 2.87. The highest BCUT2D eigenvalue weighted by atomic mass is 16.4. The van der Waals surface area contributed by atoms with Crippen molar-refractivity contribution in [3.63, 3.8) is 0 Å². The van der Waals surface area contributed by atoms with Gasteiger partial charge in [-0.3, -0.25) is 4.79 Å². The van der Waals surface area contributed by atoms with Gasteiger partial charge in [0.2, 0.25) is 0 Å². The van der Waals surface area contributed by atoms with Crippen LogP contribution < -0.4 is 11.1 Å². The van der Waals surface area contributed by atoms with Gasteiger partial charge in [-0.05, 0) is 19.3 Å². The Morgan fingerprint density at radius 1 is 1.42 bits per heavy atom. The Hall–Kier alpha value is -2.22. The molecule has 0 bridgehead atoms. The molecule has 0 aliphatic rings. The first-order chi connectivity index (χ1) is 9.18. The molecule has 0 saturated carbocycles. The summed E-state index contributed by atoms with van der Waals surface area (Å²) in [6.45, 7) is 0.692. The number of aromatic nitrogens is 4. The molecule has 102 valence electrons. The number of carbonyl (C=O) groups is 1. The Bertz CT molecular complexity index is 555. The number of hydrogen-bond acceptors (Lipinski definition) is 6. The lowest BCUT2D eigenvalue weighted by Gasteiger charge is -2.07. The van der Waals surface area contributed by atoms with Crippen molar-refractivity contribution in [1.29, 1.82) is 0 Å². The molecule has 2 rings (SSSR count). The average molecular weight is 264 g/mol. The number of carboxylic acids is 1. The van der Waals surface area contributed by atoms with Gasteiger partial charge in [0.1, 0.15) is 17.9 Å². The first-order valence-electron chi connectivity index (χ1n) is 6.05. The smallest absolute Gasteiger partial charge is 0.320 e. The predicted molar refractivity (Wildman–Crippen MR) is 69.6 cm³/mol. The molecule has 0 radical (unpaired) electrons. The first-order valence-corrected chi connectivity index (χ1v) is 6.05. The monoisotopic (exact) mass is 264 g/mol. The minimum atomic E-state index is -0.956. The van der Waals surface area contributed by atoms with Crippen LogP contribution in [-0.2, 0) is 4.79 Å². The Morgan fingerprint density at radius 3 is 3.05 bits per heavy atom. The van der Waals surface area contributed by atoms with Crippen LogP contribution in [0.4, 0.5) is 5.82 Å². The molecule has 5 N–H and O–H groups in total. The quantitative estimate of drug-likeness (QED) is 0.531. The molecular weight excluding hydrogens is 248 g/mol. The van der Waals surface area contributed by atoms with Crippen LogP contribution in [-0.4, -0.2) is 43.6 Å². The second-order valence-electron chi connectivity index (χ2n) is 4.19. The van der Waals surface area contributed by atoms with Crippen LogP contribution in [0.3, 0.4) is 0 Å². The number of H-pyrrole nitrogens is 1. The van der Waals surface area contributed by atoms with E-state index >= 15 is 0 Å². The van der Waals surface area contributed by atoms with Gasteiger partial charge in [-0.15, -0.1) is 0 Å². The lowest BCUT2D eigenvalue weighted by molar-refractivity contribution is -0.138. The number of aromatic amines is 1. The zero-order valence-electron chi connectivity index (χ0n) is 10.3. The standard InChI is InChI=1S/C11H16N6O2/c12-7(11(18)19)3-1-2-4-13-9-8-10(15-5-14-8)17-6-16-9/h5-7H,1-4,12H2,(H,18,19)(H2,13,14,15,16,17)/t7-/m0/s1. The Labute approximate surface area is 109 Å². The van der Waals surface area contributed by atoms with Crippen LogP contribution in [0, 0.1) is 0 Å². The highest BCUT2D eigenvalue weighted by Gasteiger charge is 2.10. The van der Waals surface area contributed by atoms with Crippen molar-refractivity contribution in [3.8, 4) is 0 Å². The number of unbranched alkanes of at least 4 members (excludes halogenated alkanes) is 1. The molecule has 1 atom stereocenters. The molecule has 2 aromatic rings. The summed E-state index contributed by atoms with van der Waals surface area (Å²) in [6, 6.07) is -0.779. The van der Waals surface area contributed by atoms with E-state index in [0.717, 1.165) is 18.4 Å². The van der Waals surface area contributed by atoms with Gasteiger partial charge in [-0.1, -0.05) is 0 Å². The molecule has 0 spiro atoms. The number of rotatable bonds is 7. The normalized spacial score (nSPS) is 12.5. The molecule has 0 aliphatic heterocycles. The number of nitrogens with one attached hydrogen (secondary N) is 2. The number of fused-ring (bicyclic) bond motifs is 1. The highest BCUT2D eigenvalue weighted by Crippen LogP contribution is 2.14. The maximum atomic E-state index is 10.5. The molecule has 0 amide bonds. The fraction of sp³-hybridized carbons (Fsp3) is 0.455. The summed E-state index contributed by atoms with van der Waals surface area (Å²) in [6.07, 6.45) is 5.06. The van der Waals surface area contributed by atoms with Gasteiger partial charge in [0.15, 0.2) is 11.5 Å². The maximum Gasteiger partial charge on any atom is 0.320 e. The molecule has 2 aromatic heterocycles. The zero-order valence-corrected chi connectivity index (χ0v) is 10.3. The summed E-state index contributed by atoms with van der Waals surface area (Å²) in [7, 11) is 0. The minimum absolute atomic E-state index is 0.472. The topological polar surface area (TPSA) is 130 Å². The lowest BCUT2D eigenvalue weighted by atomic mass is 10.1. The van der Waals surface area contributed by atoms with Gasteiger partial charge in [-0.2, -0.15) is 0 Å². The van der Waals surface area contributed by atoms with Crippen LogP contribution in [0.15, 0.2) is 12.7 Å². The number of aliphatic carboxylic acids is 1. The van der Waals surface area contributed by atoms with Crippen molar-refractivity contribution < 1.29 is 9.90 Å².